The first-order chi connectivity index (χ1) is 14.3. The maximum absolute atomic E-state index is 12.6. The van der Waals surface area contributed by atoms with Crippen molar-refractivity contribution in [2.75, 3.05) is 23.1 Å². The minimum absolute atomic E-state index is 0.0226. The molecule has 1 saturated heterocycles. The van der Waals surface area contributed by atoms with E-state index in [-0.39, 0.29) is 23.3 Å². The number of nitrogens with zero attached hydrogens (tertiary/aromatic N) is 4. The van der Waals surface area contributed by atoms with E-state index in [1.54, 1.807) is 39.9 Å². The lowest BCUT2D eigenvalue weighted by Crippen LogP contribution is -2.31. The van der Waals surface area contributed by atoms with Gasteiger partial charge in [0.05, 0.1) is 5.69 Å². The molecule has 0 atom stereocenters. The molecular formula is C18H21Cl2N5O4S. The van der Waals surface area contributed by atoms with Gasteiger partial charge in [0.2, 0.25) is 5.91 Å². The highest BCUT2D eigenvalue weighted by molar-refractivity contribution is 7.86. The Morgan fingerprint density at radius 2 is 1.97 bits per heavy atom. The van der Waals surface area contributed by atoms with Gasteiger partial charge < -0.3 is 5.73 Å². The number of rotatable bonds is 7. The number of hydrogen-bond donors (Lipinski definition) is 1. The molecule has 1 aliphatic heterocycles. The number of oxime groups is 1. The van der Waals surface area contributed by atoms with Crippen LogP contribution in [0.4, 0.5) is 5.82 Å². The van der Waals surface area contributed by atoms with Crippen molar-refractivity contribution in [3.63, 3.8) is 0 Å². The summed E-state index contributed by atoms with van der Waals surface area (Å²) in [4.78, 5) is 14.3. The summed E-state index contributed by atoms with van der Waals surface area (Å²) >= 11 is 11.4. The van der Waals surface area contributed by atoms with E-state index in [2.05, 4.69) is 14.5 Å². The molecular weight excluding hydrogens is 453 g/mol. The first kappa shape index (κ1) is 22.4. The number of carbonyl (C=O) groups is 1. The van der Waals surface area contributed by atoms with E-state index in [0.29, 0.717) is 29.5 Å². The Balaban J connectivity index is 2.01. The molecule has 2 heterocycles. The molecule has 0 radical (unpaired) electrons. The second-order valence-corrected chi connectivity index (χ2v) is 9.12. The third-order valence-corrected chi connectivity index (χ3v) is 6.12. The van der Waals surface area contributed by atoms with E-state index in [1.807, 2.05) is 0 Å². The maximum atomic E-state index is 12.6. The molecule has 162 valence electrons. The van der Waals surface area contributed by atoms with Gasteiger partial charge in [-0.15, -0.1) is 11.6 Å². The minimum Gasteiger partial charge on any atom is -0.379 e. The highest BCUT2D eigenvalue weighted by Gasteiger charge is 2.24. The highest BCUT2D eigenvalue weighted by Crippen LogP contribution is 2.26. The average Bonchev–Trinajstić information content (AvgIpc) is 3.03. The zero-order valence-corrected chi connectivity index (χ0v) is 18.3. The molecule has 1 amide bonds. The summed E-state index contributed by atoms with van der Waals surface area (Å²) in [5.41, 5.74) is 6.72. The van der Waals surface area contributed by atoms with Crippen molar-refractivity contribution in [2.24, 2.45) is 10.9 Å². The van der Waals surface area contributed by atoms with Crippen molar-refractivity contribution in [3.8, 4) is 5.69 Å². The molecule has 1 aromatic heterocycles. The Bertz CT molecular complexity index is 1040. The van der Waals surface area contributed by atoms with Crippen LogP contribution in [0.25, 0.3) is 5.69 Å². The predicted molar refractivity (Wildman–Crippen MR) is 116 cm³/mol. The van der Waals surface area contributed by atoms with Gasteiger partial charge >= 0.3 is 10.1 Å². The van der Waals surface area contributed by atoms with Gasteiger partial charge in [0.25, 0.3) is 0 Å². The molecule has 2 N–H and O–H groups in total. The Hall–Kier alpha value is -2.30. The Morgan fingerprint density at radius 1 is 1.23 bits per heavy atom. The van der Waals surface area contributed by atoms with Gasteiger partial charge in [-0.1, -0.05) is 18.0 Å². The van der Waals surface area contributed by atoms with Gasteiger partial charge in [0.15, 0.2) is 5.84 Å². The van der Waals surface area contributed by atoms with E-state index in [4.69, 9.17) is 28.9 Å². The van der Waals surface area contributed by atoms with Crippen LogP contribution >= 0.6 is 23.2 Å². The molecule has 1 aromatic carbocycles. The molecule has 0 saturated carbocycles. The number of anilines is 1. The van der Waals surface area contributed by atoms with Crippen LogP contribution in [0, 0.1) is 0 Å². The molecule has 0 unspecified atom stereocenters. The number of nitrogens with two attached hydrogens (primary N) is 1. The summed E-state index contributed by atoms with van der Waals surface area (Å²) in [5.74, 6) is -0.307. The van der Waals surface area contributed by atoms with Crippen LogP contribution in [0.15, 0.2) is 35.5 Å². The normalized spacial score (nSPS) is 15.9. The predicted octanol–water partition coefficient (Wildman–Crippen LogP) is 2.64. The van der Waals surface area contributed by atoms with Crippen LogP contribution in [0.3, 0.4) is 0 Å². The quantitative estimate of drug-likeness (QED) is 0.285. The Labute approximate surface area is 184 Å². The first-order valence-corrected chi connectivity index (χ1v) is 11.8. The summed E-state index contributed by atoms with van der Waals surface area (Å²) in [6.07, 6.45) is 3.08. The SMILES string of the molecule is NC(=NOS(=O)(=O)CCCl)c1cc(N2CCCCCC2=O)n(-c2ccc(Cl)cc2)n1. The van der Waals surface area contributed by atoms with Crippen molar-refractivity contribution >= 4 is 50.9 Å². The monoisotopic (exact) mass is 473 g/mol. The Morgan fingerprint density at radius 3 is 2.67 bits per heavy atom. The van der Waals surface area contributed by atoms with Crippen LogP contribution in [0.1, 0.15) is 31.4 Å². The number of amides is 1. The highest BCUT2D eigenvalue weighted by atomic mass is 35.5. The van der Waals surface area contributed by atoms with Crippen LogP contribution < -0.4 is 10.6 Å². The fourth-order valence-electron chi connectivity index (χ4n) is 2.96. The zero-order chi connectivity index (χ0) is 21.7. The molecule has 0 spiro atoms. The molecule has 1 aliphatic rings. The topological polar surface area (TPSA) is 120 Å². The molecule has 3 rings (SSSR count). The number of hydrogen-bond acceptors (Lipinski definition) is 6. The van der Waals surface area contributed by atoms with E-state index in [9.17, 15) is 13.2 Å². The molecule has 1 fully saturated rings. The third-order valence-electron chi connectivity index (χ3n) is 4.45. The van der Waals surface area contributed by atoms with E-state index in [0.717, 1.165) is 19.3 Å². The lowest BCUT2D eigenvalue weighted by molar-refractivity contribution is -0.118. The lowest BCUT2D eigenvalue weighted by Gasteiger charge is -2.21. The van der Waals surface area contributed by atoms with E-state index >= 15 is 0 Å². The summed E-state index contributed by atoms with van der Waals surface area (Å²) in [7, 11) is -3.94. The number of halogens is 2. The van der Waals surface area contributed by atoms with Crippen LogP contribution in [-0.4, -0.2) is 48.1 Å². The molecule has 30 heavy (non-hydrogen) atoms. The number of alkyl halides is 1. The summed E-state index contributed by atoms with van der Waals surface area (Å²) in [6, 6.07) is 8.48. The van der Waals surface area contributed by atoms with Crippen molar-refractivity contribution in [1.29, 1.82) is 0 Å². The standard InChI is InChI=1S/C18H21Cl2N5O4S/c19-9-11-30(27,28)29-23-18(21)15-12-16(24-10-3-1-2-4-17(24)26)25(22-15)14-7-5-13(20)6-8-14/h5-8,12H,1-4,9-11H2,(H2,21,23). The maximum Gasteiger partial charge on any atom is 0.329 e. The van der Waals surface area contributed by atoms with Crippen molar-refractivity contribution < 1.29 is 17.5 Å². The van der Waals surface area contributed by atoms with Gasteiger partial charge in [0.1, 0.15) is 17.3 Å². The fraction of sp³-hybridized carbons (Fsp3) is 0.389. The number of benzene rings is 1. The van der Waals surface area contributed by atoms with Crippen molar-refractivity contribution in [3.05, 3.63) is 41.0 Å². The minimum atomic E-state index is -3.94. The lowest BCUT2D eigenvalue weighted by atomic mass is 10.2. The third kappa shape index (κ3) is 5.44. The number of amidine groups is 1. The van der Waals surface area contributed by atoms with Gasteiger partial charge in [-0.25, -0.2) is 4.68 Å². The van der Waals surface area contributed by atoms with Crippen LogP contribution in [0.2, 0.25) is 5.02 Å². The summed E-state index contributed by atoms with van der Waals surface area (Å²) < 4.78 is 29.4. The number of carbonyl (C=O) groups excluding carboxylic acids is 1. The second kappa shape index (κ2) is 9.67. The average molecular weight is 474 g/mol. The molecule has 9 nitrogen and oxygen atoms in total. The smallest absolute Gasteiger partial charge is 0.329 e. The van der Waals surface area contributed by atoms with Gasteiger partial charge in [-0.2, -0.15) is 13.5 Å². The van der Waals surface area contributed by atoms with Crippen molar-refractivity contribution in [1.82, 2.24) is 9.78 Å². The molecule has 0 bridgehead atoms. The zero-order valence-electron chi connectivity index (χ0n) is 16.0. The summed E-state index contributed by atoms with van der Waals surface area (Å²) in [5, 5.41) is 8.45. The summed E-state index contributed by atoms with van der Waals surface area (Å²) in [6.45, 7) is 0.537. The van der Waals surface area contributed by atoms with Crippen LogP contribution in [-0.2, 0) is 19.2 Å². The second-order valence-electron chi connectivity index (χ2n) is 6.63. The van der Waals surface area contributed by atoms with E-state index < -0.39 is 15.9 Å². The van der Waals surface area contributed by atoms with Crippen LogP contribution in [0.5, 0.6) is 0 Å². The first-order valence-electron chi connectivity index (χ1n) is 9.28. The molecule has 0 aliphatic carbocycles. The molecule has 2 aromatic rings. The number of aromatic nitrogens is 2. The fourth-order valence-corrected chi connectivity index (χ4v) is 4.11. The van der Waals surface area contributed by atoms with Gasteiger partial charge in [-0.3, -0.25) is 14.0 Å². The van der Waals surface area contributed by atoms with Crippen molar-refractivity contribution in [2.45, 2.75) is 25.7 Å². The largest absolute Gasteiger partial charge is 0.379 e. The van der Waals surface area contributed by atoms with Gasteiger partial charge in [-0.05, 0) is 42.3 Å². The molecule has 12 heteroatoms. The van der Waals surface area contributed by atoms with E-state index in [1.165, 1.54) is 0 Å². The Kier molecular flexibility index (Phi) is 7.22. The van der Waals surface area contributed by atoms with Gasteiger partial charge in [0, 0.05) is 29.9 Å².